The van der Waals surface area contributed by atoms with E-state index in [2.05, 4.69) is 16.7 Å². The second-order valence-corrected chi connectivity index (χ2v) is 5.06. The van der Waals surface area contributed by atoms with Gasteiger partial charge in [-0.2, -0.15) is 0 Å². The Bertz CT molecular complexity index is 583. The lowest BCUT2D eigenvalue weighted by Crippen LogP contribution is -2.12. The first-order valence-corrected chi connectivity index (χ1v) is 6.71. The number of rotatable bonds is 4. The minimum Gasteiger partial charge on any atom is -0.322 e. The van der Waals surface area contributed by atoms with Crippen molar-refractivity contribution < 1.29 is 4.79 Å². The van der Waals surface area contributed by atoms with E-state index in [1.54, 1.807) is 0 Å². The van der Waals surface area contributed by atoms with Gasteiger partial charge in [-0.1, -0.05) is 29.3 Å². The fourth-order valence-corrected chi connectivity index (χ4v) is 2.22. The van der Waals surface area contributed by atoms with Crippen LogP contribution >= 0.6 is 0 Å². The Morgan fingerprint density at radius 1 is 1.00 bits per heavy atom. The Kier molecular flexibility index (Phi) is 4.53. The molecular weight excluding hydrogens is 248 g/mol. The van der Waals surface area contributed by atoms with Crippen LogP contribution in [0, 0.1) is 13.8 Å². The van der Waals surface area contributed by atoms with Gasteiger partial charge in [0.25, 0.3) is 5.91 Å². The maximum Gasteiger partial charge on any atom is 0.255 e. The molecule has 3 nitrogen and oxygen atoms in total. The van der Waals surface area contributed by atoms with Crippen LogP contribution in [0.15, 0.2) is 42.5 Å². The van der Waals surface area contributed by atoms with E-state index >= 15 is 0 Å². The molecule has 0 spiro atoms. The van der Waals surface area contributed by atoms with Crippen LogP contribution in [0.5, 0.6) is 0 Å². The first kappa shape index (κ1) is 14.3. The van der Waals surface area contributed by atoms with Crippen molar-refractivity contribution in [2.75, 3.05) is 12.4 Å². The van der Waals surface area contributed by atoms with Gasteiger partial charge in [-0.15, -0.1) is 0 Å². The standard InChI is InChI=1S/C17H20N2O/c1-12-8-13(2)10-15(9-12)17(20)19-16-6-4-14(5-7-16)11-18-3/h4-10,18H,11H2,1-3H3,(H,19,20). The molecule has 0 atom stereocenters. The Morgan fingerprint density at radius 2 is 1.60 bits per heavy atom. The van der Waals surface area contributed by atoms with E-state index in [0.29, 0.717) is 5.56 Å². The fraction of sp³-hybridized carbons (Fsp3) is 0.235. The smallest absolute Gasteiger partial charge is 0.255 e. The van der Waals surface area contributed by atoms with E-state index in [1.807, 2.05) is 57.3 Å². The van der Waals surface area contributed by atoms with E-state index in [4.69, 9.17) is 0 Å². The Balaban J connectivity index is 2.10. The Hall–Kier alpha value is -2.13. The van der Waals surface area contributed by atoms with E-state index in [9.17, 15) is 4.79 Å². The number of amides is 1. The van der Waals surface area contributed by atoms with Crippen LogP contribution in [-0.4, -0.2) is 13.0 Å². The number of anilines is 1. The van der Waals surface area contributed by atoms with Gasteiger partial charge in [0.1, 0.15) is 0 Å². The molecule has 20 heavy (non-hydrogen) atoms. The predicted molar refractivity (Wildman–Crippen MR) is 83.1 cm³/mol. The van der Waals surface area contributed by atoms with Gasteiger partial charge in [0.2, 0.25) is 0 Å². The monoisotopic (exact) mass is 268 g/mol. The van der Waals surface area contributed by atoms with Crippen molar-refractivity contribution in [1.82, 2.24) is 5.32 Å². The molecule has 3 heteroatoms. The number of carbonyl (C=O) groups is 1. The van der Waals surface area contributed by atoms with Gasteiger partial charge in [0.05, 0.1) is 0 Å². The quantitative estimate of drug-likeness (QED) is 0.893. The second-order valence-electron chi connectivity index (χ2n) is 5.06. The molecule has 0 saturated carbocycles. The predicted octanol–water partition coefficient (Wildman–Crippen LogP) is 3.28. The van der Waals surface area contributed by atoms with Crippen molar-refractivity contribution in [2.45, 2.75) is 20.4 Å². The molecule has 2 aromatic rings. The van der Waals surface area contributed by atoms with Crippen LogP contribution in [0.2, 0.25) is 0 Å². The van der Waals surface area contributed by atoms with Gasteiger partial charge < -0.3 is 10.6 Å². The fourth-order valence-electron chi connectivity index (χ4n) is 2.22. The zero-order chi connectivity index (χ0) is 14.5. The molecule has 0 bridgehead atoms. The number of hydrogen-bond acceptors (Lipinski definition) is 2. The Labute approximate surface area is 120 Å². The minimum absolute atomic E-state index is 0.0711. The first-order valence-electron chi connectivity index (χ1n) is 6.71. The van der Waals surface area contributed by atoms with Crippen molar-refractivity contribution >= 4 is 11.6 Å². The van der Waals surface area contributed by atoms with Crippen molar-refractivity contribution in [3.05, 3.63) is 64.7 Å². The summed E-state index contributed by atoms with van der Waals surface area (Å²) in [6.45, 7) is 4.82. The molecule has 0 aliphatic heterocycles. The van der Waals surface area contributed by atoms with E-state index < -0.39 is 0 Å². The van der Waals surface area contributed by atoms with Gasteiger partial charge in [0.15, 0.2) is 0 Å². The van der Waals surface area contributed by atoms with Crippen molar-refractivity contribution in [2.24, 2.45) is 0 Å². The number of hydrogen-bond donors (Lipinski definition) is 2. The maximum atomic E-state index is 12.2. The van der Waals surface area contributed by atoms with Crippen molar-refractivity contribution in [3.63, 3.8) is 0 Å². The number of carbonyl (C=O) groups excluding carboxylic acids is 1. The molecule has 1 amide bonds. The molecule has 0 aliphatic carbocycles. The zero-order valence-corrected chi connectivity index (χ0v) is 12.2. The van der Waals surface area contributed by atoms with E-state index in [0.717, 1.165) is 23.4 Å². The highest BCUT2D eigenvalue weighted by Crippen LogP contribution is 2.13. The lowest BCUT2D eigenvalue weighted by molar-refractivity contribution is 0.102. The van der Waals surface area contributed by atoms with Gasteiger partial charge in [0, 0.05) is 17.8 Å². The summed E-state index contributed by atoms with van der Waals surface area (Å²) < 4.78 is 0. The number of nitrogens with one attached hydrogen (secondary N) is 2. The third kappa shape index (κ3) is 3.68. The van der Waals surface area contributed by atoms with Gasteiger partial charge >= 0.3 is 0 Å². The number of aryl methyl sites for hydroxylation is 2. The minimum atomic E-state index is -0.0711. The molecular formula is C17H20N2O. The van der Waals surface area contributed by atoms with Gasteiger partial charge in [-0.05, 0) is 50.7 Å². The van der Waals surface area contributed by atoms with Crippen LogP contribution in [0.4, 0.5) is 5.69 Å². The van der Waals surface area contributed by atoms with Gasteiger partial charge in [-0.3, -0.25) is 4.79 Å². The van der Waals surface area contributed by atoms with Crippen LogP contribution in [-0.2, 0) is 6.54 Å². The second kappa shape index (κ2) is 6.35. The molecule has 104 valence electrons. The zero-order valence-electron chi connectivity index (χ0n) is 12.2. The third-order valence-electron chi connectivity index (χ3n) is 3.08. The lowest BCUT2D eigenvalue weighted by atomic mass is 10.1. The average Bonchev–Trinajstić information content (AvgIpc) is 2.40. The summed E-state index contributed by atoms with van der Waals surface area (Å²) >= 11 is 0. The maximum absolute atomic E-state index is 12.2. The number of benzene rings is 2. The topological polar surface area (TPSA) is 41.1 Å². The average molecular weight is 268 g/mol. The SMILES string of the molecule is CNCc1ccc(NC(=O)c2cc(C)cc(C)c2)cc1. The first-order chi connectivity index (χ1) is 9.58. The lowest BCUT2D eigenvalue weighted by Gasteiger charge is -2.08. The summed E-state index contributed by atoms with van der Waals surface area (Å²) in [6, 6.07) is 13.7. The summed E-state index contributed by atoms with van der Waals surface area (Å²) in [5, 5.41) is 6.02. The summed E-state index contributed by atoms with van der Waals surface area (Å²) in [5.41, 5.74) is 4.90. The molecule has 2 rings (SSSR count). The molecule has 0 saturated heterocycles. The van der Waals surface area contributed by atoms with E-state index in [1.165, 1.54) is 5.56 Å². The summed E-state index contributed by atoms with van der Waals surface area (Å²) in [7, 11) is 1.91. The van der Waals surface area contributed by atoms with Gasteiger partial charge in [-0.25, -0.2) is 0 Å². The van der Waals surface area contributed by atoms with Crippen LogP contribution in [0.25, 0.3) is 0 Å². The highest BCUT2D eigenvalue weighted by molar-refractivity contribution is 6.04. The highest BCUT2D eigenvalue weighted by Gasteiger charge is 2.07. The molecule has 2 aromatic carbocycles. The summed E-state index contributed by atoms with van der Waals surface area (Å²) in [5.74, 6) is -0.0711. The molecule has 0 aromatic heterocycles. The molecule has 2 N–H and O–H groups in total. The highest BCUT2D eigenvalue weighted by atomic mass is 16.1. The van der Waals surface area contributed by atoms with Crippen molar-refractivity contribution in [3.8, 4) is 0 Å². The van der Waals surface area contributed by atoms with E-state index in [-0.39, 0.29) is 5.91 Å². The molecule has 0 radical (unpaired) electrons. The normalized spacial score (nSPS) is 10.3. The molecule has 0 aliphatic rings. The summed E-state index contributed by atoms with van der Waals surface area (Å²) in [6.07, 6.45) is 0. The van der Waals surface area contributed by atoms with Crippen LogP contribution in [0.3, 0.4) is 0 Å². The largest absolute Gasteiger partial charge is 0.322 e. The van der Waals surface area contributed by atoms with Crippen LogP contribution in [0.1, 0.15) is 27.0 Å². The molecule has 0 fully saturated rings. The Morgan fingerprint density at radius 3 is 2.15 bits per heavy atom. The molecule has 0 heterocycles. The summed E-state index contributed by atoms with van der Waals surface area (Å²) in [4.78, 5) is 12.2. The molecule has 0 unspecified atom stereocenters. The third-order valence-corrected chi connectivity index (χ3v) is 3.08. The van der Waals surface area contributed by atoms with Crippen LogP contribution < -0.4 is 10.6 Å². The van der Waals surface area contributed by atoms with Crippen molar-refractivity contribution in [1.29, 1.82) is 0 Å².